The molecule has 3 aromatic rings. The molecule has 8 nitrogen and oxygen atoms in total. The molecule has 1 atom stereocenters. The molecule has 2 N–H and O–H groups in total. The number of methoxy groups -OCH3 is 1. The molecule has 0 fully saturated rings. The summed E-state index contributed by atoms with van der Waals surface area (Å²) in [6.45, 7) is 4.31. The summed E-state index contributed by atoms with van der Waals surface area (Å²) < 4.78 is 16.1. The van der Waals surface area contributed by atoms with E-state index in [1.54, 1.807) is 36.4 Å². The van der Waals surface area contributed by atoms with Crippen LogP contribution in [0.5, 0.6) is 11.5 Å². The highest BCUT2D eigenvalue weighted by Crippen LogP contribution is 2.40. The van der Waals surface area contributed by atoms with Crippen LogP contribution in [0.25, 0.3) is 0 Å². The van der Waals surface area contributed by atoms with Crippen molar-refractivity contribution in [1.29, 1.82) is 0 Å². The van der Waals surface area contributed by atoms with E-state index in [2.05, 4.69) is 17.6 Å². The van der Waals surface area contributed by atoms with E-state index in [-0.39, 0.29) is 18.4 Å². The minimum atomic E-state index is -0.444. The molecule has 1 aliphatic carbocycles. The first kappa shape index (κ1) is 26.2. The first-order chi connectivity index (χ1) is 17.9. The lowest BCUT2D eigenvalue weighted by atomic mass is 9.88. The Hall–Kier alpha value is -3.85. The Morgan fingerprint density at radius 3 is 2.51 bits per heavy atom. The second-order valence-electron chi connectivity index (χ2n) is 8.79. The Labute approximate surface area is 219 Å². The molecule has 0 spiro atoms. The van der Waals surface area contributed by atoms with Crippen molar-refractivity contribution >= 4 is 39.8 Å². The molecule has 0 saturated carbocycles. The number of carbonyl (C=O) groups is 3. The van der Waals surface area contributed by atoms with Gasteiger partial charge in [-0.05, 0) is 74.1 Å². The highest BCUT2D eigenvalue weighted by atomic mass is 32.1. The Morgan fingerprint density at radius 2 is 1.78 bits per heavy atom. The molecule has 2 amide bonds. The number of benzene rings is 2. The van der Waals surface area contributed by atoms with Gasteiger partial charge in [0.25, 0.3) is 11.8 Å². The number of anilines is 2. The summed E-state index contributed by atoms with van der Waals surface area (Å²) in [5.74, 6) is 0.456. The van der Waals surface area contributed by atoms with Gasteiger partial charge in [0.1, 0.15) is 16.5 Å². The van der Waals surface area contributed by atoms with Gasteiger partial charge in [-0.2, -0.15) is 0 Å². The second kappa shape index (κ2) is 11.9. The van der Waals surface area contributed by atoms with Crippen molar-refractivity contribution in [2.45, 2.75) is 33.1 Å². The summed E-state index contributed by atoms with van der Waals surface area (Å²) in [7, 11) is 1.34. The summed E-state index contributed by atoms with van der Waals surface area (Å²) in [4.78, 5) is 38.8. The number of hydrogen-bond acceptors (Lipinski definition) is 7. The van der Waals surface area contributed by atoms with Gasteiger partial charge in [-0.3, -0.25) is 9.59 Å². The third kappa shape index (κ3) is 6.29. The van der Waals surface area contributed by atoms with Crippen molar-refractivity contribution < 1.29 is 28.6 Å². The first-order valence-corrected chi connectivity index (χ1v) is 13.0. The van der Waals surface area contributed by atoms with Gasteiger partial charge in [-0.15, -0.1) is 11.3 Å². The molecular formula is C28H30N2O6S. The van der Waals surface area contributed by atoms with Crippen LogP contribution in [0.15, 0.2) is 48.5 Å². The molecule has 1 heterocycles. The van der Waals surface area contributed by atoms with Gasteiger partial charge in [0.2, 0.25) is 0 Å². The van der Waals surface area contributed by atoms with E-state index in [0.717, 1.165) is 29.7 Å². The Kier molecular flexibility index (Phi) is 8.45. The fourth-order valence-corrected chi connectivity index (χ4v) is 5.63. The molecule has 9 heteroatoms. The maximum absolute atomic E-state index is 12.7. The van der Waals surface area contributed by atoms with Crippen molar-refractivity contribution in [2.75, 3.05) is 31.0 Å². The van der Waals surface area contributed by atoms with E-state index in [1.165, 1.54) is 18.4 Å². The topological polar surface area (TPSA) is 103 Å². The number of hydrogen-bond donors (Lipinski definition) is 2. The van der Waals surface area contributed by atoms with E-state index in [0.29, 0.717) is 45.8 Å². The van der Waals surface area contributed by atoms with Crippen LogP contribution in [0.1, 0.15) is 51.4 Å². The van der Waals surface area contributed by atoms with Crippen LogP contribution >= 0.6 is 11.3 Å². The Bertz CT molecular complexity index is 1280. The van der Waals surface area contributed by atoms with E-state index in [4.69, 9.17) is 14.2 Å². The quantitative estimate of drug-likeness (QED) is 0.368. The molecule has 1 unspecified atom stereocenters. The molecule has 194 valence electrons. The lowest BCUT2D eigenvalue weighted by Gasteiger charge is -2.18. The van der Waals surface area contributed by atoms with Gasteiger partial charge < -0.3 is 24.8 Å². The van der Waals surface area contributed by atoms with Crippen molar-refractivity contribution in [3.63, 3.8) is 0 Å². The molecular weight excluding hydrogens is 492 g/mol. The fraction of sp³-hybridized carbons (Fsp3) is 0.321. The molecule has 4 rings (SSSR count). The highest BCUT2D eigenvalue weighted by molar-refractivity contribution is 7.17. The number of esters is 1. The highest BCUT2D eigenvalue weighted by Gasteiger charge is 2.29. The van der Waals surface area contributed by atoms with Crippen LogP contribution in [0, 0.1) is 5.92 Å². The number of thiophene rings is 1. The summed E-state index contributed by atoms with van der Waals surface area (Å²) >= 11 is 1.43. The minimum Gasteiger partial charge on any atom is -0.492 e. The van der Waals surface area contributed by atoms with E-state index in [9.17, 15) is 14.4 Å². The summed E-state index contributed by atoms with van der Waals surface area (Å²) in [5.41, 5.74) is 2.44. The molecule has 1 aromatic heterocycles. The SMILES string of the molecule is CCOc1ccccc1NC(=O)c1ccc(OCC(=O)Nc2sc3c(c2C(=O)OC)CCC(C)C3)cc1. The largest absolute Gasteiger partial charge is 0.492 e. The zero-order valence-electron chi connectivity index (χ0n) is 21.1. The molecule has 1 aliphatic rings. The summed E-state index contributed by atoms with van der Waals surface area (Å²) in [6, 6.07) is 13.7. The second-order valence-corrected chi connectivity index (χ2v) is 9.90. The molecule has 0 aliphatic heterocycles. The number of fused-ring (bicyclic) bond motifs is 1. The molecule has 0 bridgehead atoms. The van der Waals surface area contributed by atoms with Crippen LogP contribution in [0.4, 0.5) is 10.7 Å². The fourth-order valence-electron chi connectivity index (χ4n) is 4.22. The molecule has 2 aromatic carbocycles. The number of rotatable bonds is 9. The first-order valence-electron chi connectivity index (χ1n) is 12.2. The summed E-state index contributed by atoms with van der Waals surface area (Å²) in [6.07, 6.45) is 2.67. The average Bonchev–Trinajstić information content (AvgIpc) is 3.25. The maximum Gasteiger partial charge on any atom is 0.341 e. The van der Waals surface area contributed by atoms with Gasteiger partial charge in [0, 0.05) is 10.4 Å². The monoisotopic (exact) mass is 522 g/mol. The Morgan fingerprint density at radius 1 is 1.03 bits per heavy atom. The Balaban J connectivity index is 1.36. The molecule has 0 radical (unpaired) electrons. The van der Waals surface area contributed by atoms with Crippen molar-refractivity contribution in [3.05, 3.63) is 70.1 Å². The third-order valence-electron chi connectivity index (χ3n) is 6.08. The lowest BCUT2D eigenvalue weighted by Crippen LogP contribution is -2.21. The van der Waals surface area contributed by atoms with Gasteiger partial charge in [-0.25, -0.2) is 4.79 Å². The third-order valence-corrected chi connectivity index (χ3v) is 7.25. The van der Waals surface area contributed by atoms with Crippen LogP contribution in [-0.2, 0) is 22.4 Å². The van der Waals surface area contributed by atoms with Crippen LogP contribution in [-0.4, -0.2) is 38.1 Å². The molecule has 37 heavy (non-hydrogen) atoms. The number of carbonyl (C=O) groups excluding carboxylic acids is 3. The smallest absolute Gasteiger partial charge is 0.341 e. The number of ether oxygens (including phenoxy) is 3. The van der Waals surface area contributed by atoms with Gasteiger partial charge in [0.05, 0.1) is 25.0 Å². The molecule has 0 saturated heterocycles. The minimum absolute atomic E-state index is 0.243. The predicted molar refractivity (Wildman–Crippen MR) is 143 cm³/mol. The number of amides is 2. The predicted octanol–water partition coefficient (Wildman–Crippen LogP) is 5.33. The van der Waals surface area contributed by atoms with Crippen LogP contribution in [0.2, 0.25) is 0 Å². The number of para-hydroxylation sites is 2. The van der Waals surface area contributed by atoms with E-state index in [1.807, 2.05) is 19.1 Å². The standard InChI is InChI=1S/C28H30N2O6S/c1-4-35-22-8-6-5-7-21(22)29-26(32)18-10-12-19(13-11-18)36-16-24(31)30-27-25(28(33)34-3)20-14-9-17(2)15-23(20)37-27/h5-8,10-13,17H,4,9,14-16H2,1-3H3,(H,29,32)(H,30,31). The van der Waals surface area contributed by atoms with Crippen molar-refractivity contribution in [2.24, 2.45) is 5.92 Å². The maximum atomic E-state index is 12.7. The zero-order valence-corrected chi connectivity index (χ0v) is 21.9. The van der Waals surface area contributed by atoms with Gasteiger partial charge in [-0.1, -0.05) is 19.1 Å². The van der Waals surface area contributed by atoms with E-state index < -0.39 is 5.97 Å². The van der Waals surface area contributed by atoms with Crippen molar-refractivity contribution in [3.8, 4) is 11.5 Å². The number of nitrogens with one attached hydrogen (secondary N) is 2. The normalized spacial score (nSPS) is 14.3. The van der Waals surface area contributed by atoms with Gasteiger partial charge in [0.15, 0.2) is 6.61 Å². The lowest BCUT2D eigenvalue weighted by molar-refractivity contribution is -0.118. The van der Waals surface area contributed by atoms with Gasteiger partial charge >= 0.3 is 5.97 Å². The van der Waals surface area contributed by atoms with E-state index >= 15 is 0 Å². The van der Waals surface area contributed by atoms with Crippen LogP contribution in [0.3, 0.4) is 0 Å². The van der Waals surface area contributed by atoms with Crippen LogP contribution < -0.4 is 20.1 Å². The zero-order chi connectivity index (χ0) is 26.4. The average molecular weight is 523 g/mol. The summed E-state index contributed by atoms with van der Waals surface area (Å²) in [5, 5.41) is 6.16. The van der Waals surface area contributed by atoms with Crippen molar-refractivity contribution in [1.82, 2.24) is 0 Å².